The third-order valence-electron chi connectivity index (χ3n) is 4.85. The number of aliphatic imine (C=N–C) groups is 1. The van der Waals surface area contributed by atoms with Crippen LogP contribution in [-0.4, -0.2) is 51.0 Å². The third kappa shape index (κ3) is 5.26. The fourth-order valence-corrected chi connectivity index (χ4v) is 4.04. The standard InChI is InChI=1S/C22H29ClN4O4/c1-20(2,3)30-19(29)27-11-10-22(31-21(4,5)6,12-16(27)24-13-28)18-25-15-9-7-8-14(23)17(15)26-18/h7-9,16H,10-12H2,1-6H3,(H,25,26). The van der Waals surface area contributed by atoms with E-state index in [-0.39, 0.29) is 13.0 Å². The number of likely N-dealkylation sites (tertiary alicyclic amines) is 1. The van der Waals surface area contributed by atoms with Gasteiger partial charge in [0.05, 0.1) is 16.1 Å². The first-order valence-corrected chi connectivity index (χ1v) is 10.6. The average molecular weight is 449 g/mol. The van der Waals surface area contributed by atoms with Gasteiger partial charge in [-0.1, -0.05) is 17.7 Å². The molecule has 2 heterocycles. The van der Waals surface area contributed by atoms with Crippen LogP contribution in [0.3, 0.4) is 0 Å². The van der Waals surface area contributed by atoms with Gasteiger partial charge in [0.15, 0.2) is 0 Å². The van der Waals surface area contributed by atoms with Crippen LogP contribution in [0, 0.1) is 0 Å². The van der Waals surface area contributed by atoms with Crippen molar-refractivity contribution < 1.29 is 19.1 Å². The Hall–Kier alpha value is -2.41. The lowest BCUT2D eigenvalue weighted by atomic mass is 9.87. The lowest BCUT2D eigenvalue weighted by Crippen LogP contribution is -2.54. The summed E-state index contributed by atoms with van der Waals surface area (Å²) in [6.45, 7) is 11.5. The summed E-state index contributed by atoms with van der Waals surface area (Å²) < 4.78 is 12.0. The molecule has 8 nitrogen and oxygen atoms in total. The number of rotatable bonds is 3. The number of nitrogens with one attached hydrogen (secondary N) is 1. The summed E-state index contributed by atoms with van der Waals surface area (Å²) in [5, 5.41) is 0.527. The first-order valence-electron chi connectivity index (χ1n) is 10.3. The molecule has 1 aromatic carbocycles. The number of piperidine rings is 1. The Bertz CT molecular complexity index is 1020. The Morgan fingerprint density at radius 1 is 1.29 bits per heavy atom. The highest BCUT2D eigenvalue weighted by Crippen LogP contribution is 2.42. The van der Waals surface area contributed by atoms with Gasteiger partial charge in [0.25, 0.3) is 0 Å². The van der Waals surface area contributed by atoms with Crippen LogP contribution in [-0.2, 0) is 19.9 Å². The van der Waals surface area contributed by atoms with Gasteiger partial charge < -0.3 is 14.5 Å². The zero-order valence-electron chi connectivity index (χ0n) is 18.8. The second-order valence-corrected chi connectivity index (χ2v) is 10.2. The van der Waals surface area contributed by atoms with E-state index in [9.17, 15) is 9.59 Å². The van der Waals surface area contributed by atoms with E-state index in [1.165, 1.54) is 4.90 Å². The summed E-state index contributed by atoms with van der Waals surface area (Å²) in [6, 6.07) is 5.50. The van der Waals surface area contributed by atoms with Gasteiger partial charge in [0.1, 0.15) is 28.7 Å². The van der Waals surface area contributed by atoms with Crippen molar-refractivity contribution >= 4 is 34.8 Å². The van der Waals surface area contributed by atoms with Gasteiger partial charge in [0.2, 0.25) is 6.08 Å². The molecule has 1 amide bonds. The summed E-state index contributed by atoms with van der Waals surface area (Å²) in [5.41, 5.74) is -0.681. The normalized spacial score (nSPS) is 22.3. The molecule has 1 saturated heterocycles. The molecule has 1 aliphatic heterocycles. The van der Waals surface area contributed by atoms with Crippen LogP contribution >= 0.6 is 11.6 Å². The highest BCUT2D eigenvalue weighted by atomic mass is 35.5. The molecule has 3 rings (SSSR count). The van der Waals surface area contributed by atoms with E-state index < -0.39 is 29.1 Å². The Balaban J connectivity index is 2.03. The number of imidazole rings is 1. The van der Waals surface area contributed by atoms with Gasteiger partial charge in [0, 0.05) is 19.4 Å². The van der Waals surface area contributed by atoms with Crippen molar-refractivity contribution in [2.75, 3.05) is 6.54 Å². The van der Waals surface area contributed by atoms with E-state index >= 15 is 0 Å². The number of ether oxygens (including phenoxy) is 2. The molecule has 0 spiro atoms. The number of hydrogen-bond acceptors (Lipinski definition) is 6. The number of aromatic nitrogens is 2. The largest absolute Gasteiger partial charge is 0.444 e. The number of hydrogen-bond donors (Lipinski definition) is 1. The molecule has 0 aliphatic carbocycles. The minimum Gasteiger partial charge on any atom is -0.444 e. The van der Waals surface area contributed by atoms with Crippen molar-refractivity contribution in [3.05, 3.63) is 29.0 Å². The second kappa shape index (κ2) is 8.26. The highest BCUT2D eigenvalue weighted by molar-refractivity contribution is 6.34. The first-order chi connectivity index (χ1) is 14.3. The average Bonchev–Trinajstić information content (AvgIpc) is 3.06. The first kappa shape index (κ1) is 23.3. The van der Waals surface area contributed by atoms with E-state index in [1.54, 1.807) is 32.9 Å². The maximum atomic E-state index is 12.7. The number of nitrogens with zero attached hydrogens (tertiary/aromatic N) is 3. The van der Waals surface area contributed by atoms with E-state index in [2.05, 4.69) is 9.98 Å². The maximum Gasteiger partial charge on any atom is 0.412 e. The summed E-state index contributed by atoms with van der Waals surface area (Å²) in [6.07, 6.45) is 0.913. The lowest BCUT2D eigenvalue weighted by molar-refractivity contribution is -0.173. The maximum absolute atomic E-state index is 12.7. The number of carbonyl (C=O) groups excluding carboxylic acids is 2. The predicted octanol–water partition coefficient (Wildman–Crippen LogP) is 4.92. The lowest BCUT2D eigenvalue weighted by Gasteiger charge is -2.46. The van der Waals surface area contributed by atoms with Crippen LogP contribution in [0.1, 0.15) is 60.2 Å². The van der Waals surface area contributed by atoms with Gasteiger partial charge in [-0.2, -0.15) is 4.99 Å². The van der Waals surface area contributed by atoms with E-state index in [0.29, 0.717) is 22.8 Å². The molecule has 1 N–H and O–H groups in total. The fourth-order valence-electron chi connectivity index (χ4n) is 3.82. The van der Waals surface area contributed by atoms with Gasteiger partial charge in [-0.05, 0) is 53.7 Å². The zero-order chi connectivity index (χ0) is 23.0. The van der Waals surface area contributed by atoms with Crippen LogP contribution in [0.4, 0.5) is 4.79 Å². The van der Waals surface area contributed by atoms with Gasteiger partial charge in [-0.25, -0.2) is 14.6 Å². The van der Waals surface area contributed by atoms with Gasteiger partial charge >= 0.3 is 6.09 Å². The van der Waals surface area contributed by atoms with Crippen LogP contribution in [0.15, 0.2) is 23.2 Å². The van der Waals surface area contributed by atoms with Crippen molar-refractivity contribution in [3.63, 3.8) is 0 Å². The smallest absolute Gasteiger partial charge is 0.412 e. The molecule has 31 heavy (non-hydrogen) atoms. The molecule has 2 atom stereocenters. The molecule has 0 saturated carbocycles. The number of isocyanates is 1. The van der Waals surface area contributed by atoms with Gasteiger partial charge in [-0.15, -0.1) is 0 Å². The monoisotopic (exact) mass is 448 g/mol. The van der Waals surface area contributed by atoms with Crippen LogP contribution in [0.2, 0.25) is 5.02 Å². The van der Waals surface area contributed by atoms with Crippen LogP contribution in [0.5, 0.6) is 0 Å². The molecule has 1 aromatic heterocycles. The quantitative estimate of drug-likeness (QED) is 0.531. The van der Waals surface area contributed by atoms with Crippen molar-refractivity contribution in [2.24, 2.45) is 4.99 Å². The van der Waals surface area contributed by atoms with Crippen molar-refractivity contribution in [2.45, 2.75) is 77.4 Å². The van der Waals surface area contributed by atoms with E-state index in [0.717, 1.165) is 5.52 Å². The molecule has 9 heteroatoms. The Morgan fingerprint density at radius 2 is 2.00 bits per heavy atom. The Labute approximate surface area is 187 Å². The molecule has 2 aromatic rings. The topological polar surface area (TPSA) is 96.9 Å². The number of para-hydroxylation sites is 1. The SMILES string of the molecule is CC(C)(C)OC(=O)N1CCC(OC(C)(C)C)(c2nc3c(Cl)cccc3[nH]2)CC1N=C=O. The number of amides is 1. The number of carbonyl (C=O) groups is 1. The Kier molecular flexibility index (Phi) is 6.20. The van der Waals surface area contributed by atoms with Crippen LogP contribution in [0.25, 0.3) is 11.0 Å². The number of fused-ring (bicyclic) bond motifs is 1. The molecule has 168 valence electrons. The molecule has 1 fully saturated rings. The fraction of sp³-hybridized carbons (Fsp3) is 0.591. The summed E-state index contributed by atoms with van der Waals surface area (Å²) >= 11 is 6.33. The second-order valence-electron chi connectivity index (χ2n) is 9.76. The predicted molar refractivity (Wildman–Crippen MR) is 118 cm³/mol. The minimum absolute atomic E-state index is 0.218. The molecule has 2 unspecified atom stereocenters. The minimum atomic E-state index is -0.913. The molecule has 0 bridgehead atoms. The number of aromatic amines is 1. The molecular weight excluding hydrogens is 420 g/mol. The number of H-pyrrole nitrogens is 1. The molecule has 1 aliphatic rings. The molecule has 0 radical (unpaired) electrons. The van der Waals surface area contributed by atoms with Crippen molar-refractivity contribution in [1.82, 2.24) is 14.9 Å². The van der Waals surface area contributed by atoms with E-state index in [4.69, 9.17) is 26.1 Å². The van der Waals surface area contributed by atoms with E-state index in [1.807, 2.05) is 32.9 Å². The highest BCUT2D eigenvalue weighted by Gasteiger charge is 2.48. The summed E-state index contributed by atoms with van der Waals surface area (Å²) in [4.78, 5) is 37.3. The number of benzene rings is 1. The summed E-state index contributed by atoms with van der Waals surface area (Å²) in [5.74, 6) is 0.584. The van der Waals surface area contributed by atoms with Crippen molar-refractivity contribution in [1.29, 1.82) is 0 Å². The third-order valence-corrected chi connectivity index (χ3v) is 5.16. The van der Waals surface area contributed by atoms with Crippen LogP contribution < -0.4 is 0 Å². The molecular formula is C22H29ClN4O4. The van der Waals surface area contributed by atoms with Crippen molar-refractivity contribution in [3.8, 4) is 0 Å². The zero-order valence-corrected chi connectivity index (χ0v) is 19.5. The summed E-state index contributed by atoms with van der Waals surface area (Å²) in [7, 11) is 0. The van der Waals surface area contributed by atoms with Gasteiger partial charge in [-0.3, -0.25) is 4.90 Å². The Morgan fingerprint density at radius 3 is 2.58 bits per heavy atom. The number of halogens is 1.